The zero-order valence-electron chi connectivity index (χ0n) is 26.5. The van der Waals surface area contributed by atoms with Gasteiger partial charge in [0, 0.05) is 38.0 Å². The fraction of sp³-hybridized carbons (Fsp3) is 0.562. The molecule has 2 aromatic rings. The molecule has 4 rings (SSSR count). The van der Waals surface area contributed by atoms with Crippen LogP contribution in [0.25, 0.3) is 10.9 Å². The number of carbonyl (C=O) groups excluding carboxylic acids is 4. The summed E-state index contributed by atoms with van der Waals surface area (Å²) in [6, 6.07) is 3.55. The van der Waals surface area contributed by atoms with Gasteiger partial charge in [-0.15, -0.1) is 0 Å². The van der Waals surface area contributed by atoms with Crippen molar-refractivity contribution in [2.45, 2.75) is 84.3 Å². The Bertz CT molecular complexity index is 1490. The van der Waals surface area contributed by atoms with Crippen LogP contribution in [-0.4, -0.2) is 94.2 Å². The molecule has 1 aliphatic heterocycles. The van der Waals surface area contributed by atoms with Crippen molar-refractivity contribution < 1.29 is 43.3 Å². The van der Waals surface area contributed by atoms with Crippen LogP contribution in [0, 0.1) is 13.8 Å². The predicted octanol–water partition coefficient (Wildman–Crippen LogP) is 3.45. The Morgan fingerprint density at radius 2 is 1.64 bits per heavy atom. The lowest BCUT2D eigenvalue weighted by Crippen LogP contribution is -2.52. The summed E-state index contributed by atoms with van der Waals surface area (Å²) in [5.41, 5.74) is 6.35. The fourth-order valence-corrected chi connectivity index (χ4v) is 5.67. The van der Waals surface area contributed by atoms with Crippen molar-refractivity contribution in [1.29, 1.82) is 0 Å². The minimum absolute atomic E-state index is 0.00304. The average Bonchev–Trinajstić information content (AvgIpc) is 2.95. The summed E-state index contributed by atoms with van der Waals surface area (Å²) in [6.45, 7) is 9.96. The van der Waals surface area contributed by atoms with Crippen LogP contribution in [0.4, 0.5) is 4.79 Å². The van der Waals surface area contributed by atoms with E-state index in [1.54, 1.807) is 37.8 Å². The summed E-state index contributed by atoms with van der Waals surface area (Å²) in [5.74, 6) is -4.22. The number of primary amides is 1. The highest BCUT2D eigenvalue weighted by atomic mass is 16.6. The van der Waals surface area contributed by atoms with Crippen LogP contribution in [-0.2, 0) is 23.9 Å². The molecule has 3 N–H and O–H groups in total. The third-order valence-electron chi connectivity index (χ3n) is 8.43. The van der Waals surface area contributed by atoms with E-state index in [-0.39, 0.29) is 81.6 Å². The van der Waals surface area contributed by atoms with E-state index in [4.69, 9.17) is 24.9 Å². The quantitative estimate of drug-likeness (QED) is 0.351. The Morgan fingerprint density at radius 1 is 1.02 bits per heavy atom. The maximum absolute atomic E-state index is 14.3. The van der Waals surface area contributed by atoms with E-state index in [2.05, 4.69) is 0 Å². The number of hydrogen-bond acceptors (Lipinski definition) is 9. The van der Waals surface area contributed by atoms with E-state index in [0.29, 0.717) is 17.3 Å². The fourth-order valence-electron chi connectivity index (χ4n) is 5.67. The number of hydrogen-bond donors (Lipinski definition) is 2. The molecule has 3 amide bonds. The number of pyridine rings is 1. The summed E-state index contributed by atoms with van der Waals surface area (Å²) >= 11 is 0. The molecule has 0 radical (unpaired) electrons. The van der Waals surface area contributed by atoms with Crippen molar-refractivity contribution in [3.05, 3.63) is 34.5 Å². The lowest BCUT2D eigenvalue weighted by Gasteiger charge is -2.39. The number of carbonyl (C=O) groups is 5. The van der Waals surface area contributed by atoms with Crippen LogP contribution in [0.1, 0.15) is 86.0 Å². The van der Waals surface area contributed by atoms with E-state index in [0.717, 1.165) is 11.1 Å². The number of carboxylic acids is 1. The highest BCUT2D eigenvalue weighted by Gasteiger charge is 2.48. The number of aromatic nitrogens is 1. The molecule has 2 fully saturated rings. The molecule has 1 aromatic carbocycles. The van der Waals surface area contributed by atoms with E-state index in [9.17, 15) is 29.1 Å². The maximum Gasteiger partial charge on any atom is 0.409 e. The number of benzene rings is 1. The molecule has 1 saturated carbocycles. The third kappa shape index (κ3) is 7.12. The molecule has 13 nitrogen and oxygen atoms in total. The third-order valence-corrected chi connectivity index (χ3v) is 8.43. The Balaban J connectivity index is 1.84. The Morgan fingerprint density at radius 3 is 2.18 bits per heavy atom. The molecule has 1 unspecified atom stereocenters. The first kappa shape index (κ1) is 33.5. The molecular formula is C32H42N4O9. The zero-order chi connectivity index (χ0) is 33.1. The van der Waals surface area contributed by atoms with Crippen molar-refractivity contribution in [2.75, 3.05) is 32.8 Å². The summed E-state index contributed by atoms with van der Waals surface area (Å²) < 4.78 is 16.6. The Labute approximate surface area is 262 Å². The smallest absolute Gasteiger partial charge is 0.409 e. The Hall–Kier alpha value is -4.42. The second-order valence-electron chi connectivity index (χ2n) is 11.9. The normalized spacial score (nSPS) is 16.6. The number of carboxylic acid groups (broad SMARTS) is 1. The number of aliphatic carboxylic acids is 1. The molecule has 1 aliphatic carbocycles. The molecule has 0 spiro atoms. The van der Waals surface area contributed by atoms with Gasteiger partial charge in [0.1, 0.15) is 11.3 Å². The summed E-state index contributed by atoms with van der Waals surface area (Å²) in [5, 5.41) is 10.5. The first-order valence-electron chi connectivity index (χ1n) is 15.3. The number of aryl methyl sites for hydroxylation is 2. The maximum atomic E-state index is 14.3. The minimum Gasteiger partial charge on any atom is -0.478 e. The van der Waals surface area contributed by atoms with Crippen molar-refractivity contribution in [1.82, 2.24) is 14.8 Å². The molecule has 244 valence electrons. The molecule has 13 heteroatoms. The van der Waals surface area contributed by atoms with Gasteiger partial charge >= 0.3 is 18.0 Å². The number of rotatable bonds is 11. The van der Waals surface area contributed by atoms with Gasteiger partial charge in [0.2, 0.25) is 11.5 Å². The second-order valence-corrected chi connectivity index (χ2v) is 11.9. The first-order valence-corrected chi connectivity index (χ1v) is 15.3. The molecule has 2 heterocycles. The number of amides is 3. The molecule has 2 aliphatic rings. The molecule has 45 heavy (non-hydrogen) atoms. The molecule has 0 bridgehead atoms. The van der Waals surface area contributed by atoms with Crippen molar-refractivity contribution in [3.8, 4) is 5.75 Å². The van der Waals surface area contributed by atoms with Crippen LogP contribution in [0.2, 0.25) is 0 Å². The van der Waals surface area contributed by atoms with Crippen LogP contribution in [0.3, 0.4) is 0 Å². The van der Waals surface area contributed by atoms with Crippen molar-refractivity contribution in [2.24, 2.45) is 5.73 Å². The van der Waals surface area contributed by atoms with Crippen molar-refractivity contribution >= 4 is 40.7 Å². The van der Waals surface area contributed by atoms with Gasteiger partial charge in [0.15, 0.2) is 0 Å². The SMILES string of the molecule is CCOC(=O)N1CCN(C(=O)C(CCC(=O)OC(C)C)c2nc3cc(C)c(C)cc3c(OC3(C(=O)O)CCC3)c2C(N)=O)CC1. The van der Waals surface area contributed by atoms with Gasteiger partial charge < -0.3 is 34.9 Å². The first-order chi connectivity index (χ1) is 21.3. The van der Waals surface area contributed by atoms with Gasteiger partial charge in [-0.1, -0.05) is 0 Å². The average molecular weight is 627 g/mol. The standard InChI is InChI=1S/C32H42N4O9/c1-6-43-31(42)36-14-12-35(13-15-36)29(39)21(8-9-24(37)44-18(2)3)26-25(28(33)38)27(45-32(30(40)41)10-7-11-32)22-16-19(4)20(5)17-23(22)34-26/h16-18,21H,6-15H2,1-5H3,(H2,33,38)(H,40,41). The minimum atomic E-state index is -1.56. The lowest BCUT2D eigenvalue weighted by atomic mass is 9.80. The number of piperazine rings is 1. The van der Waals surface area contributed by atoms with Crippen LogP contribution in [0.15, 0.2) is 12.1 Å². The highest BCUT2D eigenvalue weighted by molar-refractivity contribution is 6.05. The molecular weight excluding hydrogens is 584 g/mol. The summed E-state index contributed by atoms with van der Waals surface area (Å²) in [6.07, 6.45) is 0.0390. The molecule has 1 aromatic heterocycles. The van der Waals surface area contributed by atoms with Gasteiger partial charge in [-0.05, 0) is 83.6 Å². The van der Waals surface area contributed by atoms with E-state index in [1.165, 1.54) is 4.90 Å². The zero-order valence-corrected chi connectivity index (χ0v) is 26.5. The van der Waals surface area contributed by atoms with E-state index < -0.39 is 41.4 Å². The largest absolute Gasteiger partial charge is 0.478 e. The van der Waals surface area contributed by atoms with E-state index >= 15 is 0 Å². The topological polar surface area (TPSA) is 179 Å². The van der Waals surface area contributed by atoms with Gasteiger partial charge in [-0.25, -0.2) is 9.59 Å². The lowest BCUT2D eigenvalue weighted by molar-refractivity contribution is -0.163. The molecule has 1 saturated heterocycles. The monoisotopic (exact) mass is 626 g/mol. The van der Waals surface area contributed by atoms with Crippen LogP contribution < -0.4 is 10.5 Å². The number of esters is 1. The highest BCUT2D eigenvalue weighted by Crippen LogP contribution is 2.43. The summed E-state index contributed by atoms with van der Waals surface area (Å²) in [4.78, 5) is 72.6. The summed E-state index contributed by atoms with van der Waals surface area (Å²) in [7, 11) is 0. The van der Waals surface area contributed by atoms with Gasteiger partial charge in [0.25, 0.3) is 5.91 Å². The van der Waals surface area contributed by atoms with Crippen LogP contribution >= 0.6 is 0 Å². The molecule has 1 atom stereocenters. The Kier molecular flexibility index (Phi) is 10.2. The van der Waals surface area contributed by atoms with Gasteiger partial charge in [-0.2, -0.15) is 0 Å². The van der Waals surface area contributed by atoms with Gasteiger partial charge in [0.05, 0.1) is 29.8 Å². The second kappa shape index (κ2) is 13.7. The van der Waals surface area contributed by atoms with Crippen molar-refractivity contribution in [3.63, 3.8) is 0 Å². The number of ether oxygens (including phenoxy) is 3. The number of nitrogens with two attached hydrogens (primary N) is 1. The van der Waals surface area contributed by atoms with Crippen LogP contribution in [0.5, 0.6) is 5.75 Å². The van der Waals surface area contributed by atoms with Gasteiger partial charge in [-0.3, -0.25) is 19.4 Å². The number of nitrogens with zero attached hydrogens (tertiary/aromatic N) is 3. The van der Waals surface area contributed by atoms with E-state index in [1.807, 2.05) is 13.8 Å². The number of fused-ring (bicyclic) bond motifs is 1. The predicted molar refractivity (Wildman–Crippen MR) is 163 cm³/mol.